The van der Waals surface area contributed by atoms with E-state index in [4.69, 9.17) is 4.74 Å². The van der Waals surface area contributed by atoms with E-state index in [0.29, 0.717) is 12.0 Å². The molecule has 6 heteroatoms. The molecule has 0 bridgehead atoms. The molecule has 3 rings (SSSR count). The maximum absolute atomic E-state index is 12.4. The smallest absolute Gasteiger partial charge is 0.237 e. The van der Waals surface area contributed by atoms with Gasteiger partial charge in [0, 0.05) is 43.9 Å². The third kappa shape index (κ3) is 4.82. The summed E-state index contributed by atoms with van der Waals surface area (Å²) in [7, 11) is 1.92. The van der Waals surface area contributed by atoms with E-state index in [1.807, 2.05) is 31.0 Å². The summed E-state index contributed by atoms with van der Waals surface area (Å²) in [5.74, 6) is 1.31. The van der Waals surface area contributed by atoms with E-state index in [0.717, 1.165) is 43.9 Å². The quantitative estimate of drug-likeness (QED) is 0.827. The van der Waals surface area contributed by atoms with Crippen molar-refractivity contribution >= 4 is 5.91 Å². The van der Waals surface area contributed by atoms with Gasteiger partial charge in [-0.3, -0.25) is 9.48 Å². The van der Waals surface area contributed by atoms with Crippen molar-refractivity contribution in [2.45, 2.75) is 64.1 Å². The highest BCUT2D eigenvalue weighted by atomic mass is 16.5. The highest BCUT2D eigenvalue weighted by Gasteiger charge is 2.31. The van der Waals surface area contributed by atoms with Crippen LogP contribution in [0, 0.1) is 11.8 Å². The molecule has 25 heavy (non-hydrogen) atoms. The number of hydrogen-bond donors (Lipinski definition) is 2. The first-order valence-electron chi connectivity index (χ1n) is 9.67. The summed E-state index contributed by atoms with van der Waals surface area (Å²) in [5, 5.41) is 10.9. The molecule has 1 aromatic rings. The molecule has 1 aliphatic heterocycles. The van der Waals surface area contributed by atoms with Crippen LogP contribution in [0.25, 0.3) is 0 Å². The molecule has 3 atom stereocenters. The number of nitrogens with zero attached hydrogens (tertiary/aromatic N) is 2. The molecule has 0 aromatic carbocycles. The first-order valence-corrected chi connectivity index (χ1v) is 9.67. The van der Waals surface area contributed by atoms with E-state index < -0.39 is 0 Å². The standard InChI is InChI=1S/C19H32N4O2/c1-13-4-6-17(7-5-13)22-19(24)14(2)20-10-15-8-9-25-18(15)16-11-21-23(3)12-16/h11-15,17-18,20H,4-10H2,1-3H3,(H,22,24). The fraction of sp³-hybridized carbons (Fsp3) is 0.789. The van der Waals surface area contributed by atoms with E-state index in [1.54, 1.807) is 0 Å². The second kappa shape index (κ2) is 8.32. The van der Waals surface area contributed by atoms with Crippen molar-refractivity contribution in [2.75, 3.05) is 13.2 Å². The van der Waals surface area contributed by atoms with Crippen molar-refractivity contribution in [3.05, 3.63) is 18.0 Å². The molecular weight excluding hydrogens is 316 g/mol. The summed E-state index contributed by atoms with van der Waals surface area (Å²) in [6, 6.07) is 0.181. The van der Waals surface area contributed by atoms with Crippen LogP contribution in [0.2, 0.25) is 0 Å². The monoisotopic (exact) mass is 348 g/mol. The number of hydrogen-bond acceptors (Lipinski definition) is 4. The van der Waals surface area contributed by atoms with Crippen LogP contribution in [0.3, 0.4) is 0 Å². The van der Waals surface area contributed by atoms with Gasteiger partial charge in [0.15, 0.2) is 0 Å². The molecule has 1 aliphatic carbocycles. The molecule has 0 radical (unpaired) electrons. The van der Waals surface area contributed by atoms with Gasteiger partial charge in [-0.25, -0.2) is 0 Å². The molecule has 6 nitrogen and oxygen atoms in total. The first-order chi connectivity index (χ1) is 12.0. The number of amides is 1. The van der Waals surface area contributed by atoms with Crippen molar-refractivity contribution in [3.8, 4) is 0 Å². The molecule has 1 amide bonds. The number of nitrogens with one attached hydrogen (secondary N) is 2. The van der Waals surface area contributed by atoms with Crippen LogP contribution in [0.15, 0.2) is 12.4 Å². The zero-order chi connectivity index (χ0) is 17.8. The van der Waals surface area contributed by atoms with E-state index in [9.17, 15) is 4.79 Å². The minimum Gasteiger partial charge on any atom is -0.373 e. The largest absolute Gasteiger partial charge is 0.373 e. The molecule has 1 aromatic heterocycles. The zero-order valence-electron chi connectivity index (χ0n) is 15.7. The molecule has 2 heterocycles. The van der Waals surface area contributed by atoms with E-state index in [2.05, 4.69) is 22.7 Å². The Morgan fingerprint density at radius 2 is 2.12 bits per heavy atom. The van der Waals surface area contributed by atoms with Gasteiger partial charge in [0.2, 0.25) is 5.91 Å². The Morgan fingerprint density at radius 3 is 2.80 bits per heavy atom. The van der Waals surface area contributed by atoms with Crippen molar-refractivity contribution in [2.24, 2.45) is 18.9 Å². The van der Waals surface area contributed by atoms with Gasteiger partial charge in [0.1, 0.15) is 0 Å². The van der Waals surface area contributed by atoms with Crippen molar-refractivity contribution in [3.63, 3.8) is 0 Å². The van der Waals surface area contributed by atoms with Gasteiger partial charge >= 0.3 is 0 Å². The summed E-state index contributed by atoms with van der Waals surface area (Å²) in [5.41, 5.74) is 1.13. The van der Waals surface area contributed by atoms with Crippen LogP contribution in [0.5, 0.6) is 0 Å². The number of aromatic nitrogens is 2. The molecule has 2 fully saturated rings. The Morgan fingerprint density at radius 1 is 1.36 bits per heavy atom. The molecule has 1 saturated heterocycles. The summed E-state index contributed by atoms with van der Waals surface area (Å²) < 4.78 is 7.70. The summed E-state index contributed by atoms with van der Waals surface area (Å²) in [6.07, 6.45) is 9.65. The number of aryl methyl sites for hydroxylation is 1. The maximum Gasteiger partial charge on any atom is 0.237 e. The Kier molecular flexibility index (Phi) is 6.12. The molecule has 1 saturated carbocycles. The Bertz CT molecular complexity index is 566. The SMILES string of the molecule is CC1CCC(NC(=O)C(C)NCC2CCOC2c2cnn(C)c2)CC1. The third-order valence-electron chi connectivity index (χ3n) is 5.71. The summed E-state index contributed by atoms with van der Waals surface area (Å²) in [6.45, 7) is 5.81. The first kappa shape index (κ1) is 18.4. The lowest BCUT2D eigenvalue weighted by Gasteiger charge is -2.28. The van der Waals surface area contributed by atoms with Gasteiger partial charge in [-0.1, -0.05) is 6.92 Å². The molecule has 140 valence electrons. The molecular formula is C19H32N4O2. The maximum atomic E-state index is 12.4. The van der Waals surface area contributed by atoms with E-state index in [-0.39, 0.29) is 18.1 Å². The lowest BCUT2D eigenvalue weighted by atomic mass is 9.87. The second-order valence-corrected chi connectivity index (χ2v) is 7.88. The Labute approximate surface area is 150 Å². The molecule has 3 unspecified atom stereocenters. The molecule has 0 spiro atoms. The van der Waals surface area contributed by atoms with Gasteiger partial charge in [-0.05, 0) is 44.9 Å². The Hall–Kier alpha value is -1.40. The Balaban J connectivity index is 1.44. The van der Waals surface area contributed by atoms with Crippen LogP contribution in [-0.4, -0.2) is 40.9 Å². The number of carbonyl (C=O) groups excluding carboxylic acids is 1. The lowest BCUT2D eigenvalue weighted by Crippen LogP contribution is -2.48. The normalized spacial score (nSPS) is 31.0. The van der Waals surface area contributed by atoms with Crippen molar-refractivity contribution < 1.29 is 9.53 Å². The highest BCUT2D eigenvalue weighted by molar-refractivity contribution is 5.81. The number of carbonyl (C=O) groups is 1. The van der Waals surface area contributed by atoms with Crippen LogP contribution in [-0.2, 0) is 16.6 Å². The molecule has 2 aliphatic rings. The van der Waals surface area contributed by atoms with Crippen LogP contribution in [0.4, 0.5) is 0 Å². The zero-order valence-corrected chi connectivity index (χ0v) is 15.7. The van der Waals surface area contributed by atoms with Crippen molar-refractivity contribution in [1.29, 1.82) is 0 Å². The average molecular weight is 348 g/mol. The minimum atomic E-state index is -0.172. The predicted octanol–water partition coefficient (Wildman–Crippen LogP) is 2.17. The highest BCUT2D eigenvalue weighted by Crippen LogP contribution is 2.33. The predicted molar refractivity (Wildman–Crippen MR) is 97.0 cm³/mol. The van der Waals surface area contributed by atoms with Gasteiger partial charge < -0.3 is 15.4 Å². The van der Waals surface area contributed by atoms with Crippen molar-refractivity contribution in [1.82, 2.24) is 20.4 Å². The van der Waals surface area contributed by atoms with E-state index >= 15 is 0 Å². The average Bonchev–Trinajstić information content (AvgIpc) is 3.23. The van der Waals surface area contributed by atoms with Crippen LogP contribution in [0.1, 0.15) is 57.6 Å². The number of rotatable bonds is 6. The number of ether oxygens (including phenoxy) is 1. The summed E-state index contributed by atoms with van der Waals surface area (Å²) in [4.78, 5) is 12.4. The topological polar surface area (TPSA) is 68.2 Å². The van der Waals surface area contributed by atoms with E-state index in [1.165, 1.54) is 12.8 Å². The minimum absolute atomic E-state index is 0.0799. The van der Waals surface area contributed by atoms with Gasteiger partial charge in [-0.2, -0.15) is 5.10 Å². The van der Waals surface area contributed by atoms with Gasteiger partial charge in [0.25, 0.3) is 0 Å². The third-order valence-corrected chi connectivity index (χ3v) is 5.71. The van der Waals surface area contributed by atoms with Gasteiger partial charge in [0.05, 0.1) is 18.3 Å². The molecule has 2 N–H and O–H groups in total. The summed E-state index contributed by atoms with van der Waals surface area (Å²) >= 11 is 0. The second-order valence-electron chi connectivity index (χ2n) is 7.88. The fourth-order valence-corrected chi connectivity index (χ4v) is 3.95. The fourth-order valence-electron chi connectivity index (χ4n) is 3.95. The van der Waals surface area contributed by atoms with Crippen LogP contribution < -0.4 is 10.6 Å². The van der Waals surface area contributed by atoms with Crippen LogP contribution >= 0.6 is 0 Å². The lowest BCUT2D eigenvalue weighted by molar-refractivity contribution is -0.123. The van der Waals surface area contributed by atoms with Gasteiger partial charge in [-0.15, -0.1) is 0 Å².